The van der Waals surface area contributed by atoms with Crippen LogP contribution in [0.1, 0.15) is 18.4 Å². The van der Waals surface area contributed by atoms with Crippen molar-refractivity contribution in [3.8, 4) is 5.88 Å². The van der Waals surface area contributed by atoms with Gasteiger partial charge in [-0.2, -0.15) is 13.2 Å². The third-order valence-electron chi connectivity index (χ3n) is 3.09. The first-order valence-electron chi connectivity index (χ1n) is 6.64. The monoisotopic (exact) mass is 303 g/mol. The standard InChI is InChI=1S/C13H16F3N3O2/c14-13(15,16)9-3-4-11(19-8-9)21-7-6-18-12(20)10-2-1-5-17-10/h3-4,8,10,17H,1-2,5-7H2,(H,18,20). The van der Waals surface area contributed by atoms with E-state index < -0.39 is 11.7 Å². The van der Waals surface area contributed by atoms with Crippen molar-refractivity contribution in [1.82, 2.24) is 15.6 Å². The summed E-state index contributed by atoms with van der Waals surface area (Å²) in [5.41, 5.74) is -0.824. The molecule has 1 atom stereocenters. The van der Waals surface area contributed by atoms with Gasteiger partial charge < -0.3 is 15.4 Å². The molecule has 1 aromatic rings. The molecule has 8 heteroatoms. The first kappa shape index (κ1) is 15.6. The molecule has 1 unspecified atom stereocenters. The first-order valence-corrected chi connectivity index (χ1v) is 6.64. The average molecular weight is 303 g/mol. The van der Waals surface area contributed by atoms with Crippen molar-refractivity contribution in [1.29, 1.82) is 0 Å². The molecule has 1 fully saturated rings. The summed E-state index contributed by atoms with van der Waals surface area (Å²) in [4.78, 5) is 15.2. The van der Waals surface area contributed by atoms with Gasteiger partial charge in [0.15, 0.2) is 0 Å². The van der Waals surface area contributed by atoms with Crippen LogP contribution < -0.4 is 15.4 Å². The number of amides is 1. The smallest absolute Gasteiger partial charge is 0.417 e. The van der Waals surface area contributed by atoms with Gasteiger partial charge in [-0.15, -0.1) is 0 Å². The van der Waals surface area contributed by atoms with Crippen LogP contribution in [-0.4, -0.2) is 36.6 Å². The van der Waals surface area contributed by atoms with Crippen molar-refractivity contribution >= 4 is 5.91 Å². The van der Waals surface area contributed by atoms with Crippen LogP contribution in [0.4, 0.5) is 13.2 Å². The number of ether oxygens (including phenoxy) is 1. The van der Waals surface area contributed by atoms with Gasteiger partial charge in [0.25, 0.3) is 0 Å². The molecule has 21 heavy (non-hydrogen) atoms. The molecular weight excluding hydrogens is 287 g/mol. The van der Waals surface area contributed by atoms with Gasteiger partial charge in [0.05, 0.1) is 18.2 Å². The molecule has 0 saturated carbocycles. The van der Waals surface area contributed by atoms with Crippen molar-refractivity contribution in [2.24, 2.45) is 0 Å². The minimum Gasteiger partial charge on any atom is -0.476 e. The van der Waals surface area contributed by atoms with E-state index in [2.05, 4.69) is 15.6 Å². The Labute approximate surface area is 119 Å². The van der Waals surface area contributed by atoms with Crippen LogP contribution in [0, 0.1) is 0 Å². The topological polar surface area (TPSA) is 63.2 Å². The lowest BCUT2D eigenvalue weighted by molar-refractivity contribution is -0.137. The highest BCUT2D eigenvalue weighted by Gasteiger charge is 2.30. The first-order chi connectivity index (χ1) is 9.97. The third kappa shape index (κ3) is 4.59. The normalized spacial score (nSPS) is 18.5. The number of alkyl halides is 3. The molecule has 0 aromatic carbocycles. The minimum atomic E-state index is -4.41. The zero-order chi connectivity index (χ0) is 15.3. The zero-order valence-corrected chi connectivity index (χ0v) is 11.2. The predicted octanol–water partition coefficient (Wildman–Crippen LogP) is 1.35. The lowest BCUT2D eigenvalue weighted by atomic mass is 10.2. The largest absolute Gasteiger partial charge is 0.476 e. The van der Waals surface area contributed by atoms with Crippen LogP contribution in [0.5, 0.6) is 5.88 Å². The average Bonchev–Trinajstić information content (AvgIpc) is 2.97. The van der Waals surface area contributed by atoms with Gasteiger partial charge in [0.2, 0.25) is 11.8 Å². The molecular formula is C13H16F3N3O2. The number of nitrogens with one attached hydrogen (secondary N) is 2. The SMILES string of the molecule is O=C(NCCOc1ccc(C(F)(F)F)cn1)C1CCCN1. The molecule has 5 nitrogen and oxygen atoms in total. The number of carbonyl (C=O) groups is 1. The Bertz CT molecular complexity index is 471. The minimum absolute atomic E-state index is 0.0866. The second kappa shape index (κ2) is 6.75. The summed E-state index contributed by atoms with van der Waals surface area (Å²) in [5.74, 6) is 0.00715. The molecule has 2 N–H and O–H groups in total. The fourth-order valence-corrected chi connectivity index (χ4v) is 1.99. The number of hydrogen-bond donors (Lipinski definition) is 2. The highest BCUT2D eigenvalue weighted by molar-refractivity contribution is 5.81. The van der Waals surface area contributed by atoms with Crippen molar-refractivity contribution in [2.45, 2.75) is 25.1 Å². The van der Waals surface area contributed by atoms with E-state index in [-0.39, 0.29) is 31.0 Å². The summed E-state index contributed by atoms with van der Waals surface area (Å²) >= 11 is 0. The van der Waals surface area contributed by atoms with Gasteiger partial charge in [-0.1, -0.05) is 0 Å². The van der Waals surface area contributed by atoms with E-state index in [0.29, 0.717) is 0 Å². The van der Waals surface area contributed by atoms with Gasteiger partial charge >= 0.3 is 6.18 Å². The molecule has 0 bridgehead atoms. The molecule has 1 amide bonds. The Morgan fingerprint density at radius 2 is 2.29 bits per heavy atom. The number of carbonyl (C=O) groups excluding carboxylic acids is 1. The number of halogens is 3. The second-order valence-corrected chi connectivity index (χ2v) is 4.67. The van der Waals surface area contributed by atoms with Crippen molar-refractivity contribution < 1.29 is 22.7 Å². The van der Waals surface area contributed by atoms with Crippen LogP contribution >= 0.6 is 0 Å². The van der Waals surface area contributed by atoms with Gasteiger partial charge in [-0.3, -0.25) is 4.79 Å². The van der Waals surface area contributed by atoms with Gasteiger partial charge in [0.1, 0.15) is 6.61 Å². The number of hydrogen-bond acceptors (Lipinski definition) is 4. The van der Waals surface area contributed by atoms with Crippen LogP contribution in [-0.2, 0) is 11.0 Å². The summed E-state index contributed by atoms with van der Waals surface area (Å²) in [6, 6.07) is 1.90. The molecule has 0 spiro atoms. The molecule has 2 rings (SSSR count). The van der Waals surface area contributed by atoms with Crippen molar-refractivity contribution in [2.75, 3.05) is 19.7 Å². The van der Waals surface area contributed by atoms with E-state index in [4.69, 9.17) is 4.74 Å². The van der Waals surface area contributed by atoms with Gasteiger partial charge in [-0.25, -0.2) is 4.98 Å². The summed E-state index contributed by atoms with van der Waals surface area (Å²) in [7, 11) is 0. The predicted molar refractivity (Wildman–Crippen MR) is 68.8 cm³/mol. The van der Waals surface area contributed by atoms with E-state index in [1.165, 1.54) is 0 Å². The fourth-order valence-electron chi connectivity index (χ4n) is 1.99. The number of rotatable bonds is 5. The van der Waals surface area contributed by atoms with Crippen LogP contribution in [0.2, 0.25) is 0 Å². The maximum atomic E-state index is 12.3. The molecule has 1 aliphatic rings. The molecule has 116 valence electrons. The van der Waals surface area contributed by atoms with Gasteiger partial charge in [0, 0.05) is 12.3 Å². The molecule has 1 aliphatic heterocycles. The number of nitrogens with zero attached hydrogens (tertiary/aromatic N) is 1. The Morgan fingerprint density at radius 1 is 1.48 bits per heavy atom. The highest BCUT2D eigenvalue weighted by Crippen LogP contribution is 2.29. The van der Waals surface area contributed by atoms with E-state index in [1.807, 2.05) is 0 Å². The van der Waals surface area contributed by atoms with Crippen LogP contribution in [0.3, 0.4) is 0 Å². The molecule has 0 aliphatic carbocycles. The molecule has 1 saturated heterocycles. The lowest BCUT2D eigenvalue weighted by Crippen LogP contribution is -2.41. The summed E-state index contributed by atoms with van der Waals surface area (Å²) in [6.07, 6.45) is -1.90. The third-order valence-corrected chi connectivity index (χ3v) is 3.09. The van der Waals surface area contributed by atoms with E-state index in [1.54, 1.807) is 0 Å². The summed E-state index contributed by atoms with van der Waals surface area (Å²) in [5, 5.41) is 5.76. The lowest BCUT2D eigenvalue weighted by Gasteiger charge is -2.11. The molecule has 1 aromatic heterocycles. The maximum Gasteiger partial charge on any atom is 0.417 e. The van der Waals surface area contributed by atoms with Gasteiger partial charge in [-0.05, 0) is 25.5 Å². The maximum absolute atomic E-state index is 12.3. The van der Waals surface area contributed by atoms with Crippen molar-refractivity contribution in [3.63, 3.8) is 0 Å². The number of aromatic nitrogens is 1. The van der Waals surface area contributed by atoms with Crippen LogP contribution in [0.15, 0.2) is 18.3 Å². The highest BCUT2D eigenvalue weighted by atomic mass is 19.4. The summed E-state index contributed by atoms with van der Waals surface area (Å²) in [6.45, 7) is 1.26. The van der Waals surface area contributed by atoms with E-state index in [0.717, 1.165) is 37.7 Å². The Kier molecular flexibility index (Phi) is 5.00. The Morgan fingerprint density at radius 3 is 2.86 bits per heavy atom. The number of pyridine rings is 1. The van der Waals surface area contributed by atoms with Crippen LogP contribution in [0.25, 0.3) is 0 Å². The summed E-state index contributed by atoms with van der Waals surface area (Å²) < 4.78 is 42.2. The Hall–Kier alpha value is -1.83. The van der Waals surface area contributed by atoms with E-state index >= 15 is 0 Å². The van der Waals surface area contributed by atoms with Crippen molar-refractivity contribution in [3.05, 3.63) is 23.9 Å². The van der Waals surface area contributed by atoms with E-state index in [9.17, 15) is 18.0 Å². The zero-order valence-electron chi connectivity index (χ0n) is 11.2. The Balaban J connectivity index is 1.70. The second-order valence-electron chi connectivity index (χ2n) is 4.67. The molecule has 2 heterocycles. The molecule has 0 radical (unpaired) electrons. The fraction of sp³-hybridized carbons (Fsp3) is 0.538. The quantitative estimate of drug-likeness (QED) is 0.806.